The van der Waals surface area contributed by atoms with Crippen molar-refractivity contribution < 1.29 is 5.11 Å². The molecule has 4 heteroatoms. The van der Waals surface area contributed by atoms with Gasteiger partial charge in [0.05, 0.1) is 10.2 Å². The van der Waals surface area contributed by atoms with Crippen LogP contribution in [0.2, 0.25) is 0 Å². The molecule has 0 saturated heterocycles. The molecule has 0 aliphatic carbocycles. The lowest BCUT2D eigenvalue weighted by Crippen LogP contribution is -1.87. The van der Waals surface area contributed by atoms with Gasteiger partial charge in [0.25, 0.3) is 0 Å². The van der Waals surface area contributed by atoms with E-state index in [4.69, 9.17) is 0 Å². The van der Waals surface area contributed by atoms with Crippen molar-refractivity contribution in [1.29, 1.82) is 0 Å². The number of aromatic hydroxyl groups is 1. The van der Waals surface area contributed by atoms with E-state index >= 15 is 0 Å². The van der Waals surface area contributed by atoms with E-state index in [1.165, 1.54) is 11.1 Å². The van der Waals surface area contributed by atoms with E-state index in [9.17, 15) is 5.11 Å². The molecular weight excluding hydrogens is 292 g/mol. The number of hydrogen-bond acceptors (Lipinski definition) is 4. The van der Waals surface area contributed by atoms with Gasteiger partial charge in [-0.15, -0.1) is 0 Å². The van der Waals surface area contributed by atoms with Crippen molar-refractivity contribution in [2.75, 3.05) is 0 Å². The molecule has 0 aliphatic rings. The Balaban J connectivity index is 1.97. The van der Waals surface area contributed by atoms with Gasteiger partial charge in [-0.2, -0.15) is 0 Å². The molecule has 0 amide bonds. The van der Waals surface area contributed by atoms with E-state index in [0.717, 1.165) is 26.9 Å². The van der Waals surface area contributed by atoms with Gasteiger partial charge in [-0.3, -0.25) is 0 Å². The highest BCUT2D eigenvalue weighted by atomic mass is 32.1. The first-order chi connectivity index (χ1) is 10.4. The van der Waals surface area contributed by atoms with Crippen molar-refractivity contribution in [2.24, 2.45) is 4.99 Å². The van der Waals surface area contributed by atoms with Crippen molar-refractivity contribution in [3.8, 4) is 5.75 Å². The largest absolute Gasteiger partial charge is 0.507 e. The molecule has 1 aromatic heterocycles. The molecule has 112 valence electrons. The van der Waals surface area contributed by atoms with Gasteiger partial charge in [0.1, 0.15) is 5.75 Å². The summed E-state index contributed by atoms with van der Waals surface area (Å²) in [6.07, 6.45) is 1.68. The van der Waals surface area contributed by atoms with Gasteiger partial charge < -0.3 is 5.11 Å². The lowest BCUT2D eigenvalue weighted by atomic mass is 10.1. The predicted octanol–water partition coefficient (Wildman–Crippen LogP) is 4.99. The Kier molecular flexibility index (Phi) is 3.71. The Morgan fingerprint density at radius 2 is 1.59 bits per heavy atom. The molecule has 0 aliphatic heterocycles. The van der Waals surface area contributed by atoms with E-state index in [1.807, 2.05) is 19.9 Å². The van der Waals surface area contributed by atoms with Crippen LogP contribution in [-0.2, 0) is 0 Å². The van der Waals surface area contributed by atoms with Crippen molar-refractivity contribution in [2.45, 2.75) is 27.7 Å². The van der Waals surface area contributed by atoms with Crippen LogP contribution < -0.4 is 0 Å². The van der Waals surface area contributed by atoms with Gasteiger partial charge in [0, 0.05) is 11.8 Å². The maximum Gasteiger partial charge on any atom is 0.210 e. The van der Waals surface area contributed by atoms with Crippen molar-refractivity contribution in [3.63, 3.8) is 0 Å². The zero-order valence-electron chi connectivity index (χ0n) is 13.1. The maximum atomic E-state index is 10.00. The topological polar surface area (TPSA) is 45.5 Å². The molecule has 3 nitrogen and oxygen atoms in total. The standard InChI is InChI=1S/C18H18N2OS/c1-10-5-14(16(21)7-12(10)3)9-19-18-20-15-6-11(2)13(4)8-17(15)22-18/h5-9,21H,1-4H3/b19-9+. The third-order valence-electron chi connectivity index (χ3n) is 3.95. The van der Waals surface area contributed by atoms with E-state index < -0.39 is 0 Å². The Hall–Kier alpha value is -2.20. The number of benzene rings is 2. The average Bonchev–Trinajstić information content (AvgIpc) is 2.84. The fraction of sp³-hybridized carbons (Fsp3) is 0.222. The summed E-state index contributed by atoms with van der Waals surface area (Å²) in [7, 11) is 0. The van der Waals surface area contributed by atoms with E-state index in [-0.39, 0.29) is 5.75 Å². The number of hydrogen-bond donors (Lipinski definition) is 1. The first kappa shape index (κ1) is 14.7. The summed E-state index contributed by atoms with van der Waals surface area (Å²) in [5.74, 6) is 0.250. The average molecular weight is 310 g/mol. The normalized spacial score (nSPS) is 11.6. The number of phenols is 1. The highest BCUT2D eigenvalue weighted by molar-refractivity contribution is 7.22. The second-order valence-corrected chi connectivity index (χ2v) is 6.66. The minimum atomic E-state index is 0.250. The Labute approximate surface area is 134 Å². The Morgan fingerprint density at radius 1 is 0.955 bits per heavy atom. The number of thiazole rings is 1. The van der Waals surface area contributed by atoms with Crippen LogP contribution in [0.15, 0.2) is 29.3 Å². The van der Waals surface area contributed by atoms with Crippen LogP contribution in [-0.4, -0.2) is 16.3 Å². The molecule has 0 atom stereocenters. The molecule has 22 heavy (non-hydrogen) atoms. The summed E-state index contributed by atoms with van der Waals surface area (Å²) < 4.78 is 1.14. The zero-order valence-corrected chi connectivity index (χ0v) is 14.0. The van der Waals surface area contributed by atoms with Crippen LogP contribution in [0.1, 0.15) is 27.8 Å². The molecule has 0 unspecified atom stereocenters. The number of phenolic OH excluding ortho intramolecular Hbond substituents is 1. The number of aliphatic imine (C=N–C) groups is 1. The monoisotopic (exact) mass is 310 g/mol. The number of fused-ring (bicyclic) bond motifs is 1. The Bertz CT molecular complexity index is 855. The summed E-state index contributed by atoms with van der Waals surface area (Å²) >= 11 is 1.56. The van der Waals surface area contributed by atoms with Gasteiger partial charge in [0.15, 0.2) is 0 Å². The molecule has 2 aromatic carbocycles. The highest BCUT2D eigenvalue weighted by Crippen LogP contribution is 2.30. The fourth-order valence-electron chi connectivity index (χ4n) is 2.27. The maximum absolute atomic E-state index is 10.00. The second-order valence-electron chi connectivity index (χ2n) is 5.65. The molecule has 0 bridgehead atoms. The SMILES string of the molecule is Cc1cc(O)c(/C=N/c2nc3cc(C)c(C)cc3s2)cc1C. The first-order valence-corrected chi connectivity index (χ1v) is 7.98. The summed E-state index contributed by atoms with van der Waals surface area (Å²) in [6.45, 7) is 8.19. The summed E-state index contributed by atoms with van der Waals surface area (Å²) in [4.78, 5) is 8.97. The fourth-order valence-corrected chi connectivity index (χ4v) is 3.17. The van der Waals surface area contributed by atoms with Crippen LogP contribution in [0.5, 0.6) is 5.75 Å². The van der Waals surface area contributed by atoms with Gasteiger partial charge in [-0.05, 0) is 74.2 Å². The minimum Gasteiger partial charge on any atom is -0.507 e. The van der Waals surface area contributed by atoms with Gasteiger partial charge in [-0.25, -0.2) is 9.98 Å². The second kappa shape index (κ2) is 5.54. The molecule has 0 spiro atoms. The zero-order chi connectivity index (χ0) is 15.9. The molecule has 0 saturated carbocycles. The molecule has 1 heterocycles. The first-order valence-electron chi connectivity index (χ1n) is 7.16. The summed E-state index contributed by atoms with van der Waals surface area (Å²) in [5.41, 5.74) is 6.40. The van der Waals surface area contributed by atoms with E-state index in [2.05, 4.69) is 36.0 Å². The third-order valence-corrected chi connectivity index (χ3v) is 4.88. The molecule has 0 radical (unpaired) electrons. The van der Waals surface area contributed by atoms with Crippen LogP contribution in [0.3, 0.4) is 0 Å². The lowest BCUT2D eigenvalue weighted by Gasteiger charge is -2.03. The number of rotatable bonds is 2. The summed E-state index contributed by atoms with van der Waals surface area (Å²) in [6, 6.07) is 7.94. The van der Waals surface area contributed by atoms with Gasteiger partial charge in [-0.1, -0.05) is 11.3 Å². The van der Waals surface area contributed by atoms with Crippen molar-refractivity contribution in [3.05, 3.63) is 52.1 Å². The lowest BCUT2D eigenvalue weighted by molar-refractivity contribution is 0.474. The highest BCUT2D eigenvalue weighted by Gasteiger charge is 2.06. The molecule has 3 aromatic rings. The van der Waals surface area contributed by atoms with Crippen molar-refractivity contribution >= 4 is 32.9 Å². The van der Waals surface area contributed by atoms with Crippen molar-refractivity contribution in [1.82, 2.24) is 4.98 Å². The van der Waals surface area contributed by atoms with E-state index in [0.29, 0.717) is 5.13 Å². The van der Waals surface area contributed by atoms with Gasteiger partial charge in [0.2, 0.25) is 5.13 Å². The number of aryl methyl sites for hydroxylation is 4. The van der Waals surface area contributed by atoms with E-state index in [1.54, 1.807) is 23.6 Å². The molecule has 1 N–H and O–H groups in total. The molecule has 3 rings (SSSR count). The smallest absolute Gasteiger partial charge is 0.210 e. The minimum absolute atomic E-state index is 0.250. The van der Waals surface area contributed by atoms with Crippen LogP contribution in [0.25, 0.3) is 10.2 Å². The quantitative estimate of drug-likeness (QED) is 0.678. The van der Waals surface area contributed by atoms with Crippen LogP contribution in [0, 0.1) is 27.7 Å². The van der Waals surface area contributed by atoms with Gasteiger partial charge >= 0.3 is 0 Å². The van der Waals surface area contributed by atoms with Crippen LogP contribution in [0.4, 0.5) is 5.13 Å². The number of nitrogens with zero attached hydrogens (tertiary/aromatic N) is 2. The van der Waals surface area contributed by atoms with Crippen LogP contribution >= 0.6 is 11.3 Å². The predicted molar refractivity (Wildman–Crippen MR) is 93.9 cm³/mol. The molecule has 0 fully saturated rings. The number of aromatic nitrogens is 1. The third kappa shape index (κ3) is 2.74. The summed E-state index contributed by atoms with van der Waals surface area (Å²) in [5, 5.41) is 10.7. The Morgan fingerprint density at radius 3 is 2.36 bits per heavy atom. The molecular formula is C18H18N2OS.